The molecule has 0 saturated carbocycles. The van der Waals surface area contributed by atoms with Gasteiger partial charge in [-0.1, -0.05) is 35.9 Å². The van der Waals surface area contributed by atoms with Crippen molar-refractivity contribution in [3.05, 3.63) is 59.6 Å². The maximum Gasteiger partial charge on any atom is 0.245 e. The van der Waals surface area contributed by atoms with Gasteiger partial charge in [0.25, 0.3) is 0 Å². The molecule has 2 aromatic rings. The first-order chi connectivity index (χ1) is 8.72. The summed E-state index contributed by atoms with van der Waals surface area (Å²) in [6.45, 7) is -0.0542. The summed E-state index contributed by atoms with van der Waals surface area (Å²) in [5.74, 6) is -0.177. The van der Waals surface area contributed by atoms with Gasteiger partial charge < -0.3 is 5.73 Å². The third-order valence-corrected chi connectivity index (χ3v) is 2.74. The summed E-state index contributed by atoms with van der Waals surface area (Å²) in [6.07, 6.45) is 0. The number of anilines is 2. The zero-order chi connectivity index (χ0) is 13.0. The van der Waals surface area contributed by atoms with Crippen LogP contribution in [-0.2, 0) is 4.79 Å². The molecule has 0 saturated heterocycles. The number of carbonyl (C=O) groups excluding carboxylic acids is 1. The minimum absolute atomic E-state index is 0.0542. The quantitative estimate of drug-likeness (QED) is 0.922. The van der Waals surface area contributed by atoms with Crippen LogP contribution >= 0.6 is 11.6 Å². The Hall–Kier alpha value is -1.84. The number of para-hydroxylation sites is 1. The Kier molecular flexibility index (Phi) is 3.97. The monoisotopic (exact) mass is 260 g/mol. The van der Waals surface area contributed by atoms with Crippen LogP contribution in [0.4, 0.5) is 11.4 Å². The average Bonchev–Trinajstić information content (AvgIpc) is 2.40. The molecule has 0 heterocycles. The average molecular weight is 261 g/mol. The third-order valence-electron chi connectivity index (χ3n) is 2.50. The largest absolute Gasteiger partial charge is 0.322 e. The molecule has 2 N–H and O–H groups in total. The fraction of sp³-hybridized carbons (Fsp3) is 0.0714. The number of hydrogen-bond acceptors (Lipinski definition) is 2. The Morgan fingerprint density at radius 1 is 1.06 bits per heavy atom. The number of nitrogens with two attached hydrogens (primary N) is 1. The molecule has 0 fully saturated rings. The van der Waals surface area contributed by atoms with Crippen molar-refractivity contribution in [2.75, 3.05) is 11.4 Å². The lowest BCUT2D eigenvalue weighted by Crippen LogP contribution is -2.32. The molecule has 1 amide bonds. The summed E-state index contributed by atoms with van der Waals surface area (Å²) in [6, 6.07) is 16.5. The Morgan fingerprint density at radius 3 is 2.33 bits per heavy atom. The lowest BCUT2D eigenvalue weighted by Gasteiger charge is -2.22. The van der Waals surface area contributed by atoms with Crippen molar-refractivity contribution in [1.29, 1.82) is 0 Å². The molecule has 18 heavy (non-hydrogen) atoms. The van der Waals surface area contributed by atoms with E-state index in [0.29, 0.717) is 10.7 Å². The summed E-state index contributed by atoms with van der Waals surface area (Å²) in [5.41, 5.74) is 6.95. The van der Waals surface area contributed by atoms with Crippen LogP contribution in [0.25, 0.3) is 0 Å². The molecule has 4 heteroatoms. The molecule has 0 atom stereocenters. The molecule has 0 aliphatic rings. The molecule has 2 rings (SSSR count). The number of benzene rings is 2. The van der Waals surface area contributed by atoms with Crippen LogP contribution in [0, 0.1) is 0 Å². The number of nitrogens with zero attached hydrogens (tertiary/aromatic N) is 1. The number of amides is 1. The highest BCUT2D eigenvalue weighted by atomic mass is 35.5. The number of rotatable bonds is 3. The Bertz CT molecular complexity index is 543. The molecule has 0 aliphatic carbocycles. The summed E-state index contributed by atoms with van der Waals surface area (Å²) in [7, 11) is 0. The molecule has 0 aliphatic heterocycles. The van der Waals surface area contributed by atoms with E-state index in [1.54, 1.807) is 23.1 Å². The van der Waals surface area contributed by atoms with Gasteiger partial charge in [-0.2, -0.15) is 0 Å². The van der Waals surface area contributed by atoms with E-state index in [9.17, 15) is 4.79 Å². The van der Waals surface area contributed by atoms with E-state index in [0.717, 1.165) is 5.69 Å². The predicted molar refractivity (Wildman–Crippen MR) is 74.1 cm³/mol. The minimum Gasteiger partial charge on any atom is -0.322 e. The van der Waals surface area contributed by atoms with Gasteiger partial charge in [-0.05, 0) is 30.3 Å². The highest BCUT2D eigenvalue weighted by Gasteiger charge is 2.16. The van der Waals surface area contributed by atoms with E-state index < -0.39 is 0 Å². The summed E-state index contributed by atoms with van der Waals surface area (Å²) < 4.78 is 0. The lowest BCUT2D eigenvalue weighted by molar-refractivity contribution is -0.116. The van der Waals surface area contributed by atoms with Gasteiger partial charge >= 0.3 is 0 Å². The smallest absolute Gasteiger partial charge is 0.245 e. The van der Waals surface area contributed by atoms with Crippen LogP contribution < -0.4 is 10.6 Å². The minimum atomic E-state index is -0.177. The fourth-order valence-electron chi connectivity index (χ4n) is 1.72. The van der Waals surface area contributed by atoms with Gasteiger partial charge in [-0.15, -0.1) is 0 Å². The van der Waals surface area contributed by atoms with E-state index in [2.05, 4.69) is 0 Å². The third kappa shape index (κ3) is 2.70. The van der Waals surface area contributed by atoms with Crippen molar-refractivity contribution in [2.45, 2.75) is 0 Å². The topological polar surface area (TPSA) is 46.3 Å². The molecular weight excluding hydrogens is 248 g/mol. The van der Waals surface area contributed by atoms with Gasteiger partial charge in [-0.3, -0.25) is 9.69 Å². The summed E-state index contributed by atoms with van der Waals surface area (Å²) >= 11 is 5.96. The van der Waals surface area contributed by atoms with Crippen LogP contribution in [-0.4, -0.2) is 12.5 Å². The molecule has 0 aromatic heterocycles. The van der Waals surface area contributed by atoms with Crippen molar-refractivity contribution >= 4 is 28.9 Å². The van der Waals surface area contributed by atoms with Crippen molar-refractivity contribution in [3.8, 4) is 0 Å². The highest BCUT2D eigenvalue weighted by molar-refractivity contribution is 6.31. The SMILES string of the molecule is NCC(=O)N(c1ccccc1)c1cccc(Cl)c1. The first-order valence-corrected chi connectivity index (χ1v) is 5.94. The van der Waals surface area contributed by atoms with Crippen LogP contribution in [0.1, 0.15) is 0 Å². The maximum absolute atomic E-state index is 12.0. The standard InChI is InChI=1S/C14H13ClN2O/c15-11-5-4-8-13(9-11)17(14(18)10-16)12-6-2-1-3-7-12/h1-9H,10,16H2. The van der Waals surface area contributed by atoms with E-state index >= 15 is 0 Å². The maximum atomic E-state index is 12.0. The van der Waals surface area contributed by atoms with Gasteiger partial charge in [0.15, 0.2) is 0 Å². The molecule has 0 radical (unpaired) electrons. The van der Waals surface area contributed by atoms with Gasteiger partial charge in [0.05, 0.1) is 12.2 Å². The predicted octanol–water partition coefficient (Wildman–Crippen LogP) is 2.96. The second kappa shape index (κ2) is 5.67. The van der Waals surface area contributed by atoms with Gasteiger partial charge in [0.2, 0.25) is 5.91 Å². The Balaban J connectivity index is 2.47. The normalized spacial score (nSPS) is 10.1. The molecular formula is C14H13ClN2O. The Labute approximate surface area is 111 Å². The second-order valence-corrected chi connectivity index (χ2v) is 4.19. The van der Waals surface area contributed by atoms with Gasteiger partial charge in [-0.25, -0.2) is 0 Å². The zero-order valence-electron chi connectivity index (χ0n) is 9.71. The van der Waals surface area contributed by atoms with E-state index in [4.69, 9.17) is 17.3 Å². The molecule has 92 valence electrons. The van der Waals surface area contributed by atoms with Gasteiger partial charge in [0.1, 0.15) is 0 Å². The summed E-state index contributed by atoms with van der Waals surface area (Å²) in [5, 5.41) is 0.582. The van der Waals surface area contributed by atoms with Crippen molar-refractivity contribution in [3.63, 3.8) is 0 Å². The zero-order valence-corrected chi connectivity index (χ0v) is 10.5. The van der Waals surface area contributed by atoms with E-state index in [1.807, 2.05) is 36.4 Å². The fourth-order valence-corrected chi connectivity index (χ4v) is 1.91. The highest BCUT2D eigenvalue weighted by Crippen LogP contribution is 2.27. The van der Waals surface area contributed by atoms with Crippen LogP contribution in [0.2, 0.25) is 5.02 Å². The molecule has 0 spiro atoms. The van der Waals surface area contributed by atoms with E-state index in [1.165, 1.54) is 0 Å². The van der Waals surface area contributed by atoms with Gasteiger partial charge in [0, 0.05) is 10.7 Å². The number of carbonyl (C=O) groups is 1. The lowest BCUT2D eigenvalue weighted by atomic mass is 10.2. The molecule has 2 aromatic carbocycles. The summed E-state index contributed by atoms with van der Waals surface area (Å²) in [4.78, 5) is 13.5. The molecule has 3 nitrogen and oxygen atoms in total. The first-order valence-electron chi connectivity index (χ1n) is 5.56. The molecule has 0 bridgehead atoms. The van der Waals surface area contributed by atoms with E-state index in [-0.39, 0.29) is 12.5 Å². The molecule has 0 unspecified atom stereocenters. The van der Waals surface area contributed by atoms with Crippen molar-refractivity contribution in [2.24, 2.45) is 5.73 Å². The Morgan fingerprint density at radius 2 is 1.72 bits per heavy atom. The van der Waals surface area contributed by atoms with Crippen molar-refractivity contribution in [1.82, 2.24) is 0 Å². The van der Waals surface area contributed by atoms with Crippen LogP contribution in [0.3, 0.4) is 0 Å². The first kappa shape index (κ1) is 12.6. The van der Waals surface area contributed by atoms with Crippen molar-refractivity contribution < 1.29 is 4.79 Å². The second-order valence-electron chi connectivity index (χ2n) is 3.75. The van der Waals surface area contributed by atoms with Crippen LogP contribution in [0.15, 0.2) is 54.6 Å². The van der Waals surface area contributed by atoms with Crippen LogP contribution in [0.5, 0.6) is 0 Å². The number of halogens is 1. The number of hydrogen-bond donors (Lipinski definition) is 1.